The minimum absolute atomic E-state index is 0.0451. The number of esters is 1. The van der Waals surface area contributed by atoms with Crippen LogP contribution in [0.2, 0.25) is 0 Å². The van der Waals surface area contributed by atoms with Gasteiger partial charge in [-0.1, -0.05) is 0 Å². The monoisotopic (exact) mass is 230 g/mol. The van der Waals surface area contributed by atoms with Crippen LogP contribution in [0.3, 0.4) is 0 Å². The first-order chi connectivity index (χ1) is 7.65. The maximum absolute atomic E-state index is 13.1. The molecule has 0 spiro atoms. The summed E-state index contributed by atoms with van der Waals surface area (Å²) in [6.45, 7) is 2.62. The molecule has 0 aliphatic rings. The van der Waals surface area contributed by atoms with Crippen molar-refractivity contribution < 1.29 is 23.0 Å². The zero-order valence-corrected chi connectivity index (χ0v) is 8.83. The summed E-state index contributed by atoms with van der Waals surface area (Å²) >= 11 is 0. The Morgan fingerprint density at radius 3 is 2.69 bits per heavy atom. The van der Waals surface area contributed by atoms with Crippen LogP contribution in [0, 0.1) is 11.6 Å². The molecule has 1 rings (SSSR count). The third-order valence-corrected chi connectivity index (χ3v) is 1.82. The Labute approximate surface area is 92.0 Å². The molecule has 16 heavy (non-hydrogen) atoms. The summed E-state index contributed by atoms with van der Waals surface area (Å²) in [5, 5.41) is 0. The molecule has 5 heteroatoms. The number of hydrogen-bond acceptors (Lipinski definition) is 3. The second kappa shape index (κ2) is 6.17. The Kier molecular flexibility index (Phi) is 4.85. The average molecular weight is 230 g/mol. The van der Waals surface area contributed by atoms with Gasteiger partial charge in [-0.05, 0) is 19.1 Å². The van der Waals surface area contributed by atoms with Gasteiger partial charge in [-0.25, -0.2) is 13.6 Å². The molecule has 0 fully saturated rings. The van der Waals surface area contributed by atoms with E-state index in [1.165, 1.54) is 0 Å². The highest BCUT2D eigenvalue weighted by molar-refractivity contribution is 5.89. The van der Waals surface area contributed by atoms with Crippen molar-refractivity contribution in [2.75, 3.05) is 19.8 Å². The minimum Gasteiger partial charge on any atom is -0.460 e. The number of benzene rings is 1. The quantitative estimate of drug-likeness (QED) is 0.574. The van der Waals surface area contributed by atoms with E-state index in [9.17, 15) is 13.6 Å². The molecule has 3 nitrogen and oxygen atoms in total. The van der Waals surface area contributed by atoms with Gasteiger partial charge in [0.1, 0.15) is 18.2 Å². The first kappa shape index (κ1) is 12.6. The lowest BCUT2D eigenvalue weighted by Gasteiger charge is -2.05. The SMILES string of the molecule is CCOCCOC(=O)c1ccc(F)cc1F. The molecule has 0 atom stereocenters. The number of hydrogen-bond donors (Lipinski definition) is 0. The maximum Gasteiger partial charge on any atom is 0.341 e. The standard InChI is InChI=1S/C11H12F2O3/c1-2-15-5-6-16-11(14)9-4-3-8(12)7-10(9)13/h3-4,7H,2,5-6H2,1H3. The van der Waals surface area contributed by atoms with E-state index < -0.39 is 17.6 Å². The molecule has 0 bridgehead atoms. The van der Waals surface area contributed by atoms with Gasteiger partial charge in [-0.15, -0.1) is 0 Å². The second-order valence-electron chi connectivity index (χ2n) is 2.96. The molecular formula is C11H12F2O3. The van der Waals surface area contributed by atoms with E-state index in [1.807, 2.05) is 6.92 Å². The maximum atomic E-state index is 13.1. The molecule has 1 aromatic rings. The van der Waals surface area contributed by atoms with Crippen LogP contribution < -0.4 is 0 Å². The summed E-state index contributed by atoms with van der Waals surface area (Å²) in [6, 6.07) is 2.69. The Hall–Kier alpha value is -1.49. The van der Waals surface area contributed by atoms with Crippen molar-refractivity contribution in [2.45, 2.75) is 6.92 Å². The molecule has 0 saturated heterocycles. The van der Waals surface area contributed by atoms with E-state index in [0.29, 0.717) is 12.7 Å². The van der Waals surface area contributed by atoms with Gasteiger partial charge in [0.15, 0.2) is 0 Å². The lowest BCUT2D eigenvalue weighted by atomic mass is 10.2. The molecule has 0 amide bonds. The van der Waals surface area contributed by atoms with E-state index in [0.717, 1.165) is 12.1 Å². The third kappa shape index (κ3) is 3.58. The van der Waals surface area contributed by atoms with Crippen LogP contribution in [-0.2, 0) is 9.47 Å². The number of carbonyl (C=O) groups is 1. The Morgan fingerprint density at radius 1 is 1.31 bits per heavy atom. The lowest BCUT2D eigenvalue weighted by Crippen LogP contribution is -2.12. The first-order valence-corrected chi connectivity index (χ1v) is 4.85. The van der Waals surface area contributed by atoms with E-state index in [4.69, 9.17) is 9.47 Å². The highest BCUT2D eigenvalue weighted by Crippen LogP contribution is 2.10. The van der Waals surface area contributed by atoms with Gasteiger partial charge < -0.3 is 9.47 Å². The van der Waals surface area contributed by atoms with Crippen LogP contribution >= 0.6 is 0 Å². The first-order valence-electron chi connectivity index (χ1n) is 4.85. The van der Waals surface area contributed by atoms with Crippen molar-refractivity contribution in [1.29, 1.82) is 0 Å². The van der Waals surface area contributed by atoms with E-state index in [-0.39, 0.29) is 18.8 Å². The van der Waals surface area contributed by atoms with E-state index >= 15 is 0 Å². The van der Waals surface area contributed by atoms with Gasteiger partial charge in [-0.2, -0.15) is 0 Å². The van der Waals surface area contributed by atoms with Gasteiger partial charge in [-0.3, -0.25) is 0 Å². The zero-order valence-electron chi connectivity index (χ0n) is 8.83. The number of ether oxygens (including phenoxy) is 2. The van der Waals surface area contributed by atoms with Gasteiger partial charge in [0.25, 0.3) is 0 Å². The Morgan fingerprint density at radius 2 is 2.06 bits per heavy atom. The molecule has 0 aromatic heterocycles. The van der Waals surface area contributed by atoms with Crippen LogP contribution in [0.25, 0.3) is 0 Å². The molecule has 0 radical (unpaired) electrons. The summed E-state index contributed by atoms with van der Waals surface area (Å²) in [7, 11) is 0. The molecule has 1 aromatic carbocycles. The highest BCUT2D eigenvalue weighted by Gasteiger charge is 2.13. The molecule has 0 aliphatic heterocycles. The van der Waals surface area contributed by atoms with E-state index in [2.05, 4.69) is 0 Å². The Balaban J connectivity index is 2.53. The fourth-order valence-corrected chi connectivity index (χ4v) is 1.07. The van der Waals surface area contributed by atoms with Gasteiger partial charge in [0.2, 0.25) is 0 Å². The summed E-state index contributed by atoms with van der Waals surface area (Å²) in [5.41, 5.74) is -0.280. The summed E-state index contributed by atoms with van der Waals surface area (Å²) in [5.74, 6) is -2.48. The lowest BCUT2D eigenvalue weighted by molar-refractivity contribution is 0.0331. The third-order valence-electron chi connectivity index (χ3n) is 1.82. The molecule has 0 saturated carbocycles. The van der Waals surface area contributed by atoms with Crippen LogP contribution in [0.15, 0.2) is 18.2 Å². The van der Waals surface area contributed by atoms with Crippen LogP contribution in [-0.4, -0.2) is 25.8 Å². The van der Waals surface area contributed by atoms with Crippen molar-refractivity contribution in [3.63, 3.8) is 0 Å². The van der Waals surface area contributed by atoms with Crippen LogP contribution in [0.1, 0.15) is 17.3 Å². The van der Waals surface area contributed by atoms with Crippen molar-refractivity contribution in [1.82, 2.24) is 0 Å². The van der Waals surface area contributed by atoms with Crippen molar-refractivity contribution in [3.8, 4) is 0 Å². The fourth-order valence-electron chi connectivity index (χ4n) is 1.07. The van der Waals surface area contributed by atoms with Crippen molar-refractivity contribution in [3.05, 3.63) is 35.4 Å². The van der Waals surface area contributed by atoms with Gasteiger partial charge in [0.05, 0.1) is 12.2 Å². The normalized spacial score (nSPS) is 10.2. The summed E-state index contributed by atoms with van der Waals surface area (Å²) < 4.78 is 35.3. The molecule has 0 N–H and O–H groups in total. The molecule has 88 valence electrons. The average Bonchev–Trinajstić information content (AvgIpc) is 2.24. The largest absolute Gasteiger partial charge is 0.460 e. The molecule has 0 unspecified atom stereocenters. The van der Waals surface area contributed by atoms with Crippen molar-refractivity contribution in [2.24, 2.45) is 0 Å². The zero-order chi connectivity index (χ0) is 12.0. The fraction of sp³-hybridized carbons (Fsp3) is 0.364. The molecular weight excluding hydrogens is 218 g/mol. The van der Waals surface area contributed by atoms with E-state index in [1.54, 1.807) is 0 Å². The van der Waals surface area contributed by atoms with Gasteiger partial charge >= 0.3 is 5.97 Å². The Bertz CT molecular complexity index is 366. The van der Waals surface area contributed by atoms with Gasteiger partial charge in [0, 0.05) is 12.7 Å². The number of rotatable bonds is 5. The number of halogens is 2. The van der Waals surface area contributed by atoms with Crippen LogP contribution in [0.5, 0.6) is 0 Å². The number of carbonyl (C=O) groups excluding carboxylic acids is 1. The summed E-state index contributed by atoms with van der Waals surface area (Å²) in [4.78, 5) is 11.3. The highest BCUT2D eigenvalue weighted by atomic mass is 19.1. The molecule has 0 aliphatic carbocycles. The minimum atomic E-state index is -0.929. The van der Waals surface area contributed by atoms with Crippen molar-refractivity contribution >= 4 is 5.97 Å². The topological polar surface area (TPSA) is 35.5 Å². The smallest absolute Gasteiger partial charge is 0.341 e. The second-order valence-corrected chi connectivity index (χ2v) is 2.96. The predicted octanol–water partition coefficient (Wildman–Crippen LogP) is 2.16. The summed E-state index contributed by atoms with van der Waals surface area (Å²) in [6.07, 6.45) is 0. The van der Waals surface area contributed by atoms with Crippen LogP contribution in [0.4, 0.5) is 8.78 Å². The molecule has 0 heterocycles. The predicted molar refractivity (Wildman–Crippen MR) is 53.1 cm³/mol.